The second kappa shape index (κ2) is 5.67. The summed E-state index contributed by atoms with van der Waals surface area (Å²) in [6.07, 6.45) is 3.54. The summed E-state index contributed by atoms with van der Waals surface area (Å²) in [6.45, 7) is 1.69. The first-order valence-electron chi connectivity index (χ1n) is 4.89. The van der Waals surface area contributed by atoms with E-state index in [0.29, 0.717) is 19.8 Å². The first-order valence-corrected chi connectivity index (χ1v) is 5.77. The first kappa shape index (κ1) is 11.2. The van der Waals surface area contributed by atoms with Crippen molar-refractivity contribution in [2.24, 2.45) is 5.11 Å². The van der Waals surface area contributed by atoms with Crippen LogP contribution in [0.2, 0.25) is 0 Å². The molecule has 6 heteroatoms. The van der Waals surface area contributed by atoms with Gasteiger partial charge in [-0.2, -0.15) is 0 Å². The van der Waals surface area contributed by atoms with E-state index in [1.54, 1.807) is 11.3 Å². The summed E-state index contributed by atoms with van der Waals surface area (Å²) in [5.41, 5.74) is 9.18. The predicted molar refractivity (Wildman–Crippen MR) is 62.0 cm³/mol. The van der Waals surface area contributed by atoms with Crippen LogP contribution in [-0.2, 0) is 9.47 Å². The third-order valence-electron chi connectivity index (χ3n) is 2.05. The second-order valence-corrected chi connectivity index (χ2v) is 4.11. The maximum absolute atomic E-state index is 8.10. The average molecular weight is 237 g/mol. The van der Waals surface area contributed by atoms with E-state index in [-0.39, 0.29) is 6.29 Å². The van der Waals surface area contributed by atoms with Gasteiger partial charge in [-0.05, 0) is 22.5 Å². The van der Waals surface area contributed by atoms with Gasteiger partial charge in [0, 0.05) is 11.5 Å². The molecule has 0 saturated carbocycles. The lowest BCUT2D eigenvalue weighted by molar-refractivity contribution is -0.0413. The largest absolute Gasteiger partial charge is 0.345 e. The molecule has 1 aromatic rings. The van der Waals surface area contributed by atoms with E-state index in [4.69, 9.17) is 15.0 Å². The molecule has 2 rings (SSSR count). The van der Waals surface area contributed by atoms with Crippen LogP contribution in [0.15, 0.2) is 22.6 Å². The minimum Gasteiger partial charge on any atom is -0.345 e. The Morgan fingerprint density at radius 2 is 2.38 bits per heavy atom. The Labute approximate surface area is 96.9 Å². The summed E-state index contributed by atoms with van der Waals surface area (Å²) < 4.78 is 10.8. The van der Waals surface area contributed by atoms with E-state index < -0.39 is 0 Å². The van der Waals surface area contributed by atoms with Crippen LogP contribution in [0.5, 0.6) is 0 Å². The smallest absolute Gasteiger partial charge is 0.193 e. The summed E-state index contributed by atoms with van der Waals surface area (Å²) >= 11 is 1.61. The summed E-state index contributed by atoms with van der Waals surface area (Å²) in [4.78, 5) is 3.74. The number of rotatable bonds is 4. The molecule has 5 nitrogen and oxygen atoms in total. The lowest BCUT2D eigenvalue weighted by atomic mass is 10.3. The average Bonchev–Trinajstić information content (AvgIpc) is 2.94. The van der Waals surface area contributed by atoms with Crippen molar-refractivity contribution in [3.63, 3.8) is 0 Å². The van der Waals surface area contributed by atoms with Crippen molar-refractivity contribution in [2.45, 2.75) is 6.29 Å². The zero-order chi connectivity index (χ0) is 11.2. The molecule has 0 N–H and O–H groups in total. The fourth-order valence-corrected chi connectivity index (χ4v) is 2.24. The molecule has 0 unspecified atom stereocenters. The van der Waals surface area contributed by atoms with E-state index in [1.807, 2.05) is 23.6 Å². The molecule has 1 aromatic heterocycles. The highest BCUT2D eigenvalue weighted by Crippen LogP contribution is 2.29. The predicted octanol–water partition coefficient (Wildman–Crippen LogP) is 3.12. The van der Waals surface area contributed by atoms with Gasteiger partial charge < -0.3 is 9.47 Å². The quantitative estimate of drug-likeness (QED) is 0.458. The zero-order valence-electron chi connectivity index (χ0n) is 8.57. The number of hydrogen-bond acceptors (Lipinski definition) is 4. The number of ether oxygens (including phenoxy) is 2. The van der Waals surface area contributed by atoms with Crippen LogP contribution in [0.1, 0.15) is 16.7 Å². The van der Waals surface area contributed by atoms with E-state index in [1.165, 1.54) is 0 Å². The van der Waals surface area contributed by atoms with Crippen LogP contribution in [0.4, 0.5) is 0 Å². The van der Waals surface area contributed by atoms with Crippen molar-refractivity contribution >= 4 is 17.4 Å². The fraction of sp³-hybridized carbons (Fsp3) is 0.400. The molecule has 84 valence electrons. The summed E-state index contributed by atoms with van der Waals surface area (Å²) in [6, 6.07) is 2.02. The molecule has 1 saturated heterocycles. The molecular formula is C10H11N3O2S. The van der Waals surface area contributed by atoms with Crippen molar-refractivity contribution < 1.29 is 9.47 Å². The summed E-state index contributed by atoms with van der Waals surface area (Å²) in [7, 11) is 0. The third-order valence-corrected chi connectivity index (χ3v) is 3.03. The normalized spacial score (nSPS) is 16.8. The van der Waals surface area contributed by atoms with Gasteiger partial charge in [-0.1, -0.05) is 17.3 Å². The first-order chi connectivity index (χ1) is 7.90. The number of nitrogens with zero attached hydrogens (tertiary/aromatic N) is 3. The molecular weight excluding hydrogens is 226 g/mol. The molecule has 0 atom stereocenters. The van der Waals surface area contributed by atoms with Crippen molar-refractivity contribution in [3.8, 4) is 0 Å². The van der Waals surface area contributed by atoms with Crippen molar-refractivity contribution in [1.82, 2.24) is 0 Å². The fourth-order valence-electron chi connectivity index (χ4n) is 1.37. The standard InChI is InChI=1S/C10H11N3O2S/c11-13-12-3-1-2-8-6-9(16-7-8)10-14-4-5-15-10/h1-2,6-7,10H,3-5H2. The van der Waals surface area contributed by atoms with Gasteiger partial charge in [-0.25, -0.2) is 0 Å². The highest BCUT2D eigenvalue weighted by atomic mass is 32.1. The molecule has 0 amide bonds. The van der Waals surface area contributed by atoms with Crippen LogP contribution in [0.25, 0.3) is 16.5 Å². The van der Waals surface area contributed by atoms with Crippen LogP contribution in [-0.4, -0.2) is 19.8 Å². The highest BCUT2D eigenvalue weighted by Gasteiger charge is 2.19. The van der Waals surface area contributed by atoms with Crippen LogP contribution in [0.3, 0.4) is 0 Å². The van der Waals surface area contributed by atoms with Gasteiger partial charge >= 0.3 is 0 Å². The van der Waals surface area contributed by atoms with E-state index in [0.717, 1.165) is 10.4 Å². The number of hydrogen-bond donors (Lipinski definition) is 0. The van der Waals surface area contributed by atoms with E-state index in [2.05, 4.69) is 10.0 Å². The van der Waals surface area contributed by atoms with Gasteiger partial charge in [-0.3, -0.25) is 0 Å². The van der Waals surface area contributed by atoms with Crippen LogP contribution >= 0.6 is 11.3 Å². The Morgan fingerprint density at radius 1 is 1.56 bits per heavy atom. The third kappa shape index (κ3) is 2.84. The van der Waals surface area contributed by atoms with Crippen molar-refractivity contribution in [3.05, 3.63) is 38.4 Å². The number of azide groups is 1. The molecule has 1 fully saturated rings. The van der Waals surface area contributed by atoms with Gasteiger partial charge in [0.15, 0.2) is 6.29 Å². The van der Waals surface area contributed by atoms with Gasteiger partial charge in [-0.15, -0.1) is 11.3 Å². The maximum atomic E-state index is 8.10. The molecule has 1 aliphatic rings. The summed E-state index contributed by atoms with van der Waals surface area (Å²) in [5, 5.41) is 5.44. The Morgan fingerprint density at radius 3 is 3.12 bits per heavy atom. The second-order valence-electron chi connectivity index (χ2n) is 3.17. The molecule has 1 aliphatic heterocycles. The molecule has 2 heterocycles. The Balaban J connectivity index is 1.96. The minimum atomic E-state index is -0.204. The van der Waals surface area contributed by atoms with Gasteiger partial charge in [0.25, 0.3) is 0 Å². The molecule has 16 heavy (non-hydrogen) atoms. The molecule has 0 aliphatic carbocycles. The molecule has 0 spiro atoms. The summed E-state index contributed by atoms with van der Waals surface area (Å²) in [5.74, 6) is 0. The lowest BCUT2D eigenvalue weighted by Gasteiger charge is -2.04. The van der Waals surface area contributed by atoms with Crippen molar-refractivity contribution in [1.29, 1.82) is 0 Å². The monoisotopic (exact) mass is 237 g/mol. The van der Waals surface area contributed by atoms with Gasteiger partial charge in [0.05, 0.1) is 18.1 Å². The minimum absolute atomic E-state index is 0.204. The molecule has 0 bridgehead atoms. The Hall–Kier alpha value is -1.33. The highest BCUT2D eigenvalue weighted by molar-refractivity contribution is 7.10. The molecule has 0 aromatic carbocycles. The zero-order valence-corrected chi connectivity index (χ0v) is 9.39. The van der Waals surface area contributed by atoms with Crippen LogP contribution in [0, 0.1) is 0 Å². The van der Waals surface area contributed by atoms with Crippen molar-refractivity contribution in [2.75, 3.05) is 19.8 Å². The van der Waals surface area contributed by atoms with E-state index >= 15 is 0 Å². The lowest BCUT2D eigenvalue weighted by Crippen LogP contribution is -1.93. The Bertz CT molecular complexity index is 417. The number of thiophene rings is 1. The maximum Gasteiger partial charge on any atom is 0.193 e. The van der Waals surface area contributed by atoms with Crippen LogP contribution < -0.4 is 0 Å². The molecule has 0 radical (unpaired) electrons. The van der Waals surface area contributed by atoms with Gasteiger partial charge in [0.1, 0.15) is 0 Å². The SMILES string of the molecule is [N-]=[N+]=NCC=Cc1csc(C2OCCO2)c1. The Kier molecular flexibility index (Phi) is 3.96. The van der Waals surface area contributed by atoms with Gasteiger partial charge in [0.2, 0.25) is 0 Å². The topological polar surface area (TPSA) is 67.2 Å². The van der Waals surface area contributed by atoms with E-state index in [9.17, 15) is 0 Å².